The molecule has 0 aliphatic carbocycles. The van der Waals surface area contributed by atoms with Crippen molar-refractivity contribution in [2.45, 2.75) is 32.6 Å². The van der Waals surface area contributed by atoms with E-state index in [0.717, 1.165) is 36.8 Å². The van der Waals surface area contributed by atoms with E-state index >= 15 is 0 Å². The average Bonchev–Trinajstić information content (AvgIpc) is 2.74. The molecule has 1 aliphatic rings. The fourth-order valence-corrected chi connectivity index (χ4v) is 4.07. The van der Waals surface area contributed by atoms with Crippen LogP contribution in [0.15, 0.2) is 59.1 Å². The third kappa shape index (κ3) is 6.43. The fraction of sp³-hybridized carbons (Fsp3) is 0.417. The molecule has 1 heterocycles. The molecule has 0 bridgehead atoms. The lowest BCUT2D eigenvalue weighted by Gasteiger charge is -2.31. The fourth-order valence-electron chi connectivity index (χ4n) is 3.67. The highest BCUT2D eigenvalue weighted by molar-refractivity contribution is 9.10. The molecule has 154 valence electrons. The topological polar surface area (TPSA) is 40.6 Å². The molecule has 0 N–H and O–H groups in total. The lowest BCUT2D eigenvalue weighted by atomic mass is 9.99. The van der Waals surface area contributed by atoms with Gasteiger partial charge in [0.1, 0.15) is 0 Å². The second-order valence-corrected chi connectivity index (χ2v) is 8.77. The summed E-state index contributed by atoms with van der Waals surface area (Å²) in [5.41, 5.74) is 1.84. The number of carbonyl (C=O) groups is 2. The maximum absolute atomic E-state index is 13.1. The quantitative estimate of drug-likeness (QED) is 0.601. The molecule has 5 heteroatoms. The average molecular weight is 457 g/mol. The van der Waals surface area contributed by atoms with Gasteiger partial charge in [-0.2, -0.15) is 0 Å². The van der Waals surface area contributed by atoms with Crippen molar-refractivity contribution in [1.82, 2.24) is 9.80 Å². The summed E-state index contributed by atoms with van der Waals surface area (Å²) >= 11 is 3.44. The van der Waals surface area contributed by atoms with Crippen molar-refractivity contribution < 1.29 is 9.59 Å². The molecule has 0 saturated carbocycles. The van der Waals surface area contributed by atoms with E-state index in [2.05, 4.69) is 35.0 Å². The zero-order chi connectivity index (χ0) is 20.6. The molecule has 2 aromatic carbocycles. The molecule has 2 amide bonds. The van der Waals surface area contributed by atoms with Crippen molar-refractivity contribution in [3.05, 3.63) is 70.2 Å². The van der Waals surface area contributed by atoms with E-state index in [1.54, 1.807) is 0 Å². The standard InChI is InChI=1S/C24H29BrN2O2/c1-19-10-14-26(15-11-19)23(28)13-17-27(16-12-20-6-3-2-4-7-20)24(29)21-8-5-9-22(25)18-21/h2-9,18-19H,10-17H2,1H3. The molecule has 1 fully saturated rings. The van der Waals surface area contributed by atoms with Crippen molar-refractivity contribution in [2.75, 3.05) is 26.2 Å². The summed E-state index contributed by atoms with van der Waals surface area (Å²) in [5, 5.41) is 0. The van der Waals surface area contributed by atoms with Crippen LogP contribution in [-0.4, -0.2) is 47.8 Å². The van der Waals surface area contributed by atoms with E-state index in [-0.39, 0.29) is 11.8 Å². The first-order chi connectivity index (χ1) is 14.0. The van der Waals surface area contributed by atoms with Gasteiger partial charge in [-0.1, -0.05) is 59.3 Å². The number of piperidine rings is 1. The van der Waals surface area contributed by atoms with Gasteiger partial charge in [0.15, 0.2) is 0 Å². The Balaban J connectivity index is 1.64. The molecule has 1 aliphatic heterocycles. The third-order valence-corrected chi connectivity index (χ3v) is 6.10. The molecule has 3 rings (SSSR count). The van der Waals surface area contributed by atoms with Gasteiger partial charge in [-0.15, -0.1) is 0 Å². The van der Waals surface area contributed by atoms with Gasteiger partial charge in [0, 0.05) is 42.6 Å². The lowest BCUT2D eigenvalue weighted by Crippen LogP contribution is -2.41. The second kappa shape index (κ2) is 10.6. The van der Waals surface area contributed by atoms with E-state index in [1.807, 2.05) is 52.3 Å². The number of nitrogens with zero attached hydrogens (tertiary/aromatic N) is 2. The summed E-state index contributed by atoms with van der Waals surface area (Å²) in [6.45, 7) is 4.96. The van der Waals surface area contributed by atoms with Crippen LogP contribution in [0.5, 0.6) is 0 Å². The molecule has 0 aromatic heterocycles. The van der Waals surface area contributed by atoms with Crippen molar-refractivity contribution in [3.63, 3.8) is 0 Å². The van der Waals surface area contributed by atoms with Gasteiger partial charge in [0.05, 0.1) is 0 Å². The summed E-state index contributed by atoms with van der Waals surface area (Å²) in [4.78, 5) is 29.6. The predicted octanol–water partition coefficient (Wildman–Crippen LogP) is 4.78. The normalized spacial score (nSPS) is 14.6. The Hall–Kier alpha value is -2.14. The summed E-state index contributed by atoms with van der Waals surface area (Å²) in [5.74, 6) is 0.825. The molecule has 0 unspecified atom stereocenters. The molecule has 29 heavy (non-hydrogen) atoms. The Morgan fingerprint density at radius 3 is 2.45 bits per heavy atom. The van der Waals surface area contributed by atoms with Gasteiger partial charge in [-0.05, 0) is 48.9 Å². The summed E-state index contributed by atoms with van der Waals surface area (Å²) in [6, 6.07) is 17.6. The highest BCUT2D eigenvalue weighted by Crippen LogP contribution is 2.18. The minimum Gasteiger partial charge on any atom is -0.343 e. The minimum absolute atomic E-state index is 0.0257. The first-order valence-electron chi connectivity index (χ1n) is 10.4. The zero-order valence-electron chi connectivity index (χ0n) is 17.0. The number of halogens is 1. The van der Waals surface area contributed by atoms with Crippen LogP contribution in [0.25, 0.3) is 0 Å². The molecule has 1 saturated heterocycles. The summed E-state index contributed by atoms with van der Waals surface area (Å²) < 4.78 is 0.880. The number of likely N-dealkylation sites (tertiary alicyclic amines) is 1. The van der Waals surface area contributed by atoms with Crippen LogP contribution in [0.3, 0.4) is 0 Å². The van der Waals surface area contributed by atoms with Crippen LogP contribution in [-0.2, 0) is 11.2 Å². The van der Waals surface area contributed by atoms with Crippen LogP contribution in [0.4, 0.5) is 0 Å². The highest BCUT2D eigenvalue weighted by atomic mass is 79.9. The summed E-state index contributed by atoms with van der Waals surface area (Å²) in [6.07, 6.45) is 3.29. The Kier molecular flexibility index (Phi) is 7.87. The van der Waals surface area contributed by atoms with Gasteiger partial charge >= 0.3 is 0 Å². The largest absolute Gasteiger partial charge is 0.343 e. The maximum Gasteiger partial charge on any atom is 0.253 e. The van der Waals surface area contributed by atoms with Crippen molar-refractivity contribution in [3.8, 4) is 0 Å². The van der Waals surface area contributed by atoms with Gasteiger partial charge in [0.25, 0.3) is 5.91 Å². The number of hydrogen-bond acceptors (Lipinski definition) is 2. The number of amides is 2. The number of carbonyl (C=O) groups excluding carboxylic acids is 2. The van der Waals surface area contributed by atoms with Crippen LogP contribution in [0.1, 0.15) is 42.1 Å². The predicted molar refractivity (Wildman–Crippen MR) is 120 cm³/mol. The SMILES string of the molecule is CC1CCN(C(=O)CCN(CCc2ccccc2)C(=O)c2cccc(Br)c2)CC1. The summed E-state index contributed by atoms with van der Waals surface area (Å²) in [7, 11) is 0. The number of hydrogen-bond donors (Lipinski definition) is 0. The van der Waals surface area contributed by atoms with E-state index in [4.69, 9.17) is 0 Å². The molecule has 0 atom stereocenters. The van der Waals surface area contributed by atoms with E-state index in [9.17, 15) is 9.59 Å². The molecule has 0 radical (unpaired) electrons. The number of benzene rings is 2. The van der Waals surface area contributed by atoms with Gasteiger partial charge in [0.2, 0.25) is 5.91 Å². The van der Waals surface area contributed by atoms with Crippen LogP contribution in [0, 0.1) is 5.92 Å². The van der Waals surface area contributed by atoms with Crippen LogP contribution in [0.2, 0.25) is 0 Å². The van der Waals surface area contributed by atoms with E-state index in [0.29, 0.717) is 31.0 Å². The van der Waals surface area contributed by atoms with Gasteiger partial charge in [-0.3, -0.25) is 9.59 Å². The Labute approximate surface area is 182 Å². The molecule has 2 aromatic rings. The monoisotopic (exact) mass is 456 g/mol. The smallest absolute Gasteiger partial charge is 0.253 e. The van der Waals surface area contributed by atoms with Crippen molar-refractivity contribution in [1.29, 1.82) is 0 Å². The molecule has 0 spiro atoms. The van der Waals surface area contributed by atoms with Gasteiger partial charge < -0.3 is 9.80 Å². The zero-order valence-corrected chi connectivity index (χ0v) is 18.6. The molecular formula is C24H29BrN2O2. The van der Waals surface area contributed by atoms with E-state index in [1.165, 1.54) is 5.56 Å². The molecular weight excluding hydrogens is 428 g/mol. The Morgan fingerprint density at radius 2 is 1.76 bits per heavy atom. The van der Waals surface area contributed by atoms with Gasteiger partial charge in [-0.25, -0.2) is 0 Å². The first kappa shape index (κ1) is 21.6. The Morgan fingerprint density at radius 1 is 1.03 bits per heavy atom. The van der Waals surface area contributed by atoms with Crippen LogP contribution >= 0.6 is 15.9 Å². The highest BCUT2D eigenvalue weighted by Gasteiger charge is 2.22. The number of rotatable bonds is 7. The molecule has 4 nitrogen and oxygen atoms in total. The first-order valence-corrected chi connectivity index (χ1v) is 11.2. The van der Waals surface area contributed by atoms with Crippen LogP contribution < -0.4 is 0 Å². The third-order valence-electron chi connectivity index (χ3n) is 5.60. The maximum atomic E-state index is 13.1. The van der Waals surface area contributed by atoms with Crippen molar-refractivity contribution in [2.24, 2.45) is 5.92 Å². The van der Waals surface area contributed by atoms with E-state index < -0.39 is 0 Å². The second-order valence-electron chi connectivity index (χ2n) is 7.85. The minimum atomic E-state index is -0.0257. The lowest BCUT2D eigenvalue weighted by molar-refractivity contribution is -0.132. The van der Waals surface area contributed by atoms with Crippen molar-refractivity contribution >= 4 is 27.7 Å². The Bertz CT molecular complexity index is 817.